The van der Waals surface area contributed by atoms with Gasteiger partial charge in [0.1, 0.15) is 10.6 Å². The maximum absolute atomic E-state index is 12.4. The first kappa shape index (κ1) is 20.6. The molecule has 1 aliphatic heterocycles. The normalized spacial score (nSPS) is 15.0. The largest absolute Gasteiger partial charge is 0.402 e. The Hall–Kier alpha value is -3.71. The van der Waals surface area contributed by atoms with E-state index < -0.39 is 16.1 Å². The van der Waals surface area contributed by atoms with Gasteiger partial charge >= 0.3 is 16.1 Å². The highest BCUT2D eigenvalue weighted by Gasteiger charge is 2.25. The van der Waals surface area contributed by atoms with Gasteiger partial charge < -0.3 is 8.92 Å². The summed E-state index contributed by atoms with van der Waals surface area (Å²) in [6.45, 7) is 3.79. The van der Waals surface area contributed by atoms with Gasteiger partial charge in [0.2, 0.25) is 5.90 Å². The highest BCUT2D eigenvalue weighted by molar-refractivity contribution is 7.87. The summed E-state index contributed by atoms with van der Waals surface area (Å²) < 4.78 is 35.3. The minimum absolute atomic E-state index is 0.0797. The molecule has 0 spiro atoms. The fourth-order valence-corrected chi connectivity index (χ4v) is 3.92. The average Bonchev–Trinajstić information content (AvgIpc) is 3.10. The fourth-order valence-electron chi connectivity index (χ4n) is 2.99. The average molecular weight is 433 g/mol. The van der Waals surface area contributed by atoms with Gasteiger partial charge in [-0.1, -0.05) is 48.0 Å². The number of benzene rings is 3. The number of carbonyl (C=O) groups is 1. The monoisotopic (exact) mass is 433 g/mol. The van der Waals surface area contributed by atoms with Crippen molar-refractivity contribution < 1.29 is 22.1 Å². The van der Waals surface area contributed by atoms with Crippen LogP contribution in [-0.4, -0.2) is 20.3 Å². The van der Waals surface area contributed by atoms with Crippen molar-refractivity contribution in [3.05, 3.63) is 101 Å². The van der Waals surface area contributed by atoms with Gasteiger partial charge in [-0.3, -0.25) is 0 Å². The topological polar surface area (TPSA) is 82.0 Å². The summed E-state index contributed by atoms with van der Waals surface area (Å²) in [5, 5.41) is 0. The molecule has 1 aliphatic rings. The van der Waals surface area contributed by atoms with E-state index in [1.54, 1.807) is 30.3 Å². The second-order valence-corrected chi connectivity index (χ2v) is 8.62. The molecule has 31 heavy (non-hydrogen) atoms. The molecule has 0 unspecified atom stereocenters. The molecule has 3 aromatic rings. The molecule has 6 nitrogen and oxygen atoms in total. The molecule has 0 amide bonds. The van der Waals surface area contributed by atoms with Gasteiger partial charge in [-0.05, 0) is 61.4 Å². The van der Waals surface area contributed by atoms with E-state index in [4.69, 9.17) is 8.92 Å². The second-order valence-electron chi connectivity index (χ2n) is 7.07. The van der Waals surface area contributed by atoms with Gasteiger partial charge in [0.25, 0.3) is 0 Å². The number of rotatable bonds is 5. The number of cyclic esters (lactones) is 1. The fraction of sp³-hybridized carbons (Fsp3) is 0.0833. The van der Waals surface area contributed by atoms with Gasteiger partial charge in [0, 0.05) is 5.56 Å². The Morgan fingerprint density at radius 1 is 0.903 bits per heavy atom. The Balaban J connectivity index is 1.53. The Bertz CT molecular complexity index is 1300. The summed E-state index contributed by atoms with van der Waals surface area (Å²) in [6, 6.07) is 20.2. The van der Waals surface area contributed by atoms with Gasteiger partial charge in [0.15, 0.2) is 5.70 Å². The summed E-state index contributed by atoms with van der Waals surface area (Å²) in [5.74, 6) is -0.111. The summed E-state index contributed by atoms with van der Waals surface area (Å²) in [5.41, 5.74) is 3.48. The van der Waals surface area contributed by atoms with Crippen molar-refractivity contribution in [1.29, 1.82) is 0 Å². The first-order valence-corrected chi connectivity index (χ1v) is 10.9. The van der Waals surface area contributed by atoms with Gasteiger partial charge in [0.05, 0.1) is 0 Å². The maximum Gasteiger partial charge on any atom is 0.363 e. The van der Waals surface area contributed by atoms with Crippen LogP contribution in [0.25, 0.3) is 6.08 Å². The van der Waals surface area contributed by atoms with E-state index in [0.29, 0.717) is 5.56 Å². The third-order valence-electron chi connectivity index (χ3n) is 4.70. The van der Waals surface area contributed by atoms with Crippen molar-refractivity contribution in [3.63, 3.8) is 0 Å². The smallest absolute Gasteiger partial charge is 0.363 e. The molecule has 156 valence electrons. The molecular weight excluding hydrogens is 414 g/mol. The first-order chi connectivity index (χ1) is 14.8. The van der Waals surface area contributed by atoms with E-state index in [0.717, 1.165) is 16.7 Å². The number of aliphatic imine (C=N–C) groups is 1. The molecule has 0 radical (unpaired) electrons. The first-order valence-electron chi connectivity index (χ1n) is 9.52. The lowest BCUT2D eigenvalue weighted by Crippen LogP contribution is -2.09. The van der Waals surface area contributed by atoms with E-state index in [2.05, 4.69) is 4.99 Å². The predicted molar refractivity (Wildman–Crippen MR) is 117 cm³/mol. The summed E-state index contributed by atoms with van der Waals surface area (Å²) in [6.07, 6.45) is 1.58. The van der Waals surface area contributed by atoms with Crippen LogP contribution >= 0.6 is 0 Å². The summed E-state index contributed by atoms with van der Waals surface area (Å²) in [7, 11) is -3.93. The zero-order valence-electron chi connectivity index (χ0n) is 16.9. The molecule has 0 atom stereocenters. The highest BCUT2D eigenvalue weighted by Crippen LogP contribution is 2.23. The number of hydrogen-bond donors (Lipinski definition) is 0. The molecule has 4 rings (SSSR count). The zero-order chi connectivity index (χ0) is 22.0. The maximum atomic E-state index is 12.4. The molecule has 7 heteroatoms. The van der Waals surface area contributed by atoms with Crippen molar-refractivity contribution in [3.8, 4) is 5.75 Å². The quantitative estimate of drug-likeness (QED) is 0.338. The zero-order valence-corrected chi connectivity index (χ0v) is 17.7. The SMILES string of the molecule is Cc1ccc(S(=O)(=O)Oc2ccc(/C=C3/N=C(c4ccccc4C)OC3=O)cc2)cc1. The minimum Gasteiger partial charge on any atom is -0.402 e. The molecule has 0 fully saturated rings. The van der Waals surface area contributed by atoms with E-state index >= 15 is 0 Å². The van der Waals surface area contributed by atoms with Gasteiger partial charge in [-0.15, -0.1) is 0 Å². The minimum atomic E-state index is -3.93. The van der Waals surface area contributed by atoms with Crippen LogP contribution in [0.1, 0.15) is 22.3 Å². The molecule has 3 aromatic carbocycles. The van der Waals surface area contributed by atoms with E-state index in [-0.39, 0.29) is 22.2 Å². The molecular formula is C24H19NO5S. The highest BCUT2D eigenvalue weighted by atomic mass is 32.2. The van der Waals surface area contributed by atoms with Crippen LogP contribution in [0.5, 0.6) is 5.75 Å². The van der Waals surface area contributed by atoms with Crippen LogP contribution in [0.3, 0.4) is 0 Å². The lowest BCUT2D eigenvalue weighted by atomic mass is 10.1. The Kier molecular flexibility index (Phi) is 5.44. The number of esters is 1. The van der Waals surface area contributed by atoms with Gasteiger partial charge in [-0.25, -0.2) is 9.79 Å². The van der Waals surface area contributed by atoms with Crippen LogP contribution in [0.2, 0.25) is 0 Å². The Morgan fingerprint density at radius 3 is 2.26 bits per heavy atom. The number of nitrogens with zero attached hydrogens (tertiary/aromatic N) is 1. The number of carbonyl (C=O) groups excluding carboxylic acids is 1. The van der Waals surface area contributed by atoms with Crippen molar-refractivity contribution in [2.24, 2.45) is 4.99 Å². The second kappa shape index (κ2) is 8.20. The molecule has 0 N–H and O–H groups in total. The molecule has 1 heterocycles. The van der Waals surface area contributed by atoms with Crippen LogP contribution in [-0.2, 0) is 19.6 Å². The predicted octanol–water partition coefficient (Wildman–Crippen LogP) is 4.42. The Morgan fingerprint density at radius 2 is 1.58 bits per heavy atom. The van der Waals surface area contributed by atoms with Crippen molar-refractivity contribution >= 4 is 28.1 Å². The van der Waals surface area contributed by atoms with Crippen LogP contribution in [0.15, 0.2) is 88.4 Å². The molecule has 0 aliphatic carbocycles. The van der Waals surface area contributed by atoms with Crippen LogP contribution in [0, 0.1) is 13.8 Å². The molecule has 0 bridgehead atoms. The van der Waals surface area contributed by atoms with Gasteiger partial charge in [-0.2, -0.15) is 8.42 Å². The van der Waals surface area contributed by atoms with Crippen LogP contribution in [0.4, 0.5) is 0 Å². The lowest BCUT2D eigenvalue weighted by Gasteiger charge is -2.07. The van der Waals surface area contributed by atoms with Crippen molar-refractivity contribution in [1.82, 2.24) is 0 Å². The lowest BCUT2D eigenvalue weighted by molar-refractivity contribution is -0.129. The van der Waals surface area contributed by atoms with E-state index in [9.17, 15) is 13.2 Å². The van der Waals surface area contributed by atoms with Crippen LogP contribution < -0.4 is 4.18 Å². The van der Waals surface area contributed by atoms with Crippen molar-refractivity contribution in [2.75, 3.05) is 0 Å². The van der Waals surface area contributed by atoms with E-state index in [1.807, 2.05) is 38.1 Å². The number of aryl methyl sites for hydroxylation is 2. The van der Waals surface area contributed by atoms with Crippen molar-refractivity contribution in [2.45, 2.75) is 18.7 Å². The standard InChI is InChI=1S/C24H19NO5S/c1-16-7-13-20(14-8-16)31(27,28)30-19-11-9-18(10-12-19)15-22-24(26)29-23(25-22)21-6-4-3-5-17(21)2/h3-15H,1-2H3/b22-15+. The number of ether oxygens (including phenoxy) is 1. The summed E-state index contributed by atoms with van der Waals surface area (Å²) in [4.78, 5) is 16.6. The number of hydrogen-bond acceptors (Lipinski definition) is 6. The summed E-state index contributed by atoms with van der Waals surface area (Å²) >= 11 is 0. The van der Waals surface area contributed by atoms with E-state index in [1.165, 1.54) is 24.3 Å². The molecule has 0 saturated heterocycles. The Labute approximate surface area is 180 Å². The molecule has 0 aromatic heterocycles. The third-order valence-corrected chi connectivity index (χ3v) is 5.96. The molecule has 0 saturated carbocycles. The third kappa shape index (κ3) is 4.57.